The number of piperidine rings is 1. The first-order chi connectivity index (χ1) is 11.5. The van der Waals surface area contributed by atoms with Crippen LogP contribution in [0.15, 0.2) is 17.1 Å². The van der Waals surface area contributed by atoms with Gasteiger partial charge in [-0.05, 0) is 26.7 Å². The van der Waals surface area contributed by atoms with E-state index in [1.165, 1.54) is 10.6 Å². The summed E-state index contributed by atoms with van der Waals surface area (Å²) in [4.78, 5) is 40.6. The molecular weight excluding hydrogens is 312 g/mol. The summed E-state index contributed by atoms with van der Waals surface area (Å²) in [6.07, 6.45) is 2.83. The molecular formula is C16H20N4O4. The van der Waals surface area contributed by atoms with E-state index in [1.54, 1.807) is 24.9 Å². The second kappa shape index (κ2) is 6.46. The fourth-order valence-electron chi connectivity index (χ4n) is 2.97. The first kappa shape index (κ1) is 16.2. The summed E-state index contributed by atoms with van der Waals surface area (Å²) in [5.74, 6) is -0.571. The normalized spacial score (nSPS) is 15.7. The van der Waals surface area contributed by atoms with Crippen molar-refractivity contribution in [2.75, 3.05) is 19.7 Å². The van der Waals surface area contributed by atoms with Gasteiger partial charge in [0.15, 0.2) is 5.69 Å². The number of nitrogens with one attached hydrogen (secondary N) is 1. The van der Waals surface area contributed by atoms with Crippen molar-refractivity contribution in [1.29, 1.82) is 0 Å². The Kier molecular flexibility index (Phi) is 4.37. The largest absolute Gasteiger partial charge is 0.466 e. The minimum atomic E-state index is -0.275. The quantitative estimate of drug-likeness (QED) is 0.837. The van der Waals surface area contributed by atoms with Crippen LogP contribution in [0.4, 0.5) is 0 Å². The minimum absolute atomic E-state index is 0.152. The van der Waals surface area contributed by atoms with Crippen molar-refractivity contribution in [3.05, 3.63) is 34.0 Å². The van der Waals surface area contributed by atoms with Crippen LogP contribution in [0, 0.1) is 12.8 Å². The molecule has 0 aromatic carbocycles. The lowest BCUT2D eigenvalue weighted by Crippen LogP contribution is -2.40. The molecule has 128 valence electrons. The van der Waals surface area contributed by atoms with E-state index in [4.69, 9.17) is 4.74 Å². The third kappa shape index (κ3) is 3.04. The van der Waals surface area contributed by atoms with E-state index in [0.717, 1.165) is 0 Å². The highest BCUT2D eigenvalue weighted by atomic mass is 16.5. The number of nitrogens with zero attached hydrogens (tertiary/aromatic N) is 3. The fourth-order valence-corrected chi connectivity index (χ4v) is 2.97. The smallest absolute Gasteiger partial charge is 0.309 e. The Morgan fingerprint density at radius 2 is 2.08 bits per heavy atom. The average Bonchev–Trinajstić information content (AvgIpc) is 2.99. The number of hydrogen-bond donors (Lipinski definition) is 1. The summed E-state index contributed by atoms with van der Waals surface area (Å²) in [5.41, 5.74) is 0.971. The van der Waals surface area contributed by atoms with Crippen molar-refractivity contribution in [2.45, 2.75) is 26.7 Å². The average molecular weight is 332 g/mol. The molecule has 2 aromatic heterocycles. The molecule has 8 nitrogen and oxygen atoms in total. The molecule has 1 fully saturated rings. The Bertz CT molecular complexity index is 830. The predicted octanol–water partition coefficient (Wildman–Crippen LogP) is 0.746. The maximum Gasteiger partial charge on any atom is 0.309 e. The Morgan fingerprint density at radius 1 is 1.38 bits per heavy atom. The zero-order valence-electron chi connectivity index (χ0n) is 13.7. The van der Waals surface area contributed by atoms with E-state index in [1.807, 2.05) is 0 Å². The van der Waals surface area contributed by atoms with Crippen molar-refractivity contribution >= 4 is 17.4 Å². The Morgan fingerprint density at radius 3 is 2.75 bits per heavy atom. The van der Waals surface area contributed by atoms with E-state index < -0.39 is 0 Å². The Labute approximate surface area is 138 Å². The van der Waals surface area contributed by atoms with E-state index in [9.17, 15) is 14.4 Å². The van der Waals surface area contributed by atoms with Crippen LogP contribution in [0.2, 0.25) is 0 Å². The Hall–Kier alpha value is -2.64. The number of carbonyl (C=O) groups is 2. The molecule has 24 heavy (non-hydrogen) atoms. The number of carbonyl (C=O) groups excluding carboxylic acids is 2. The van der Waals surface area contributed by atoms with Gasteiger partial charge in [0.1, 0.15) is 5.52 Å². The second-order valence-electron chi connectivity index (χ2n) is 5.94. The zero-order chi connectivity index (χ0) is 17.3. The topological polar surface area (TPSA) is 96.8 Å². The van der Waals surface area contributed by atoms with Gasteiger partial charge in [-0.2, -0.15) is 5.10 Å². The molecule has 0 bridgehead atoms. The maximum absolute atomic E-state index is 12.6. The first-order valence-electron chi connectivity index (χ1n) is 8.04. The SMILES string of the molecule is CCOC(=O)C1CCN(C(=O)c2cc3c(=O)[nH]c(C)cn3n2)CC1. The third-order valence-electron chi connectivity index (χ3n) is 4.22. The molecule has 0 spiro atoms. The Balaban J connectivity index is 1.73. The molecule has 1 aliphatic rings. The number of aromatic nitrogens is 3. The van der Waals surface area contributed by atoms with E-state index in [-0.39, 0.29) is 29.0 Å². The number of esters is 1. The molecule has 8 heteroatoms. The molecule has 0 saturated carbocycles. The summed E-state index contributed by atoms with van der Waals surface area (Å²) in [6, 6.07) is 1.50. The monoisotopic (exact) mass is 332 g/mol. The van der Waals surface area contributed by atoms with Crippen LogP contribution in [0.25, 0.3) is 5.52 Å². The van der Waals surface area contributed by atoms with Gasteiger partial charge in [-0.3, -0.25) is 14.4 Å². The fraction of sp³-hybridized carbons (Fsp3) is 0.500. The molecule has 0 atom stereocenters. The molecule has 1 amide bonds. The molecule has 1 N–H and O–H groups in total. The highest BCUT2D eigenvalue weighted by molar-refractivity contribution is 5.93. The van der Waals surface area contributed by atoms with Crippen molar-refractivity contribution in [1.82, 2.24) is 19.5 Å². The number of aryl methyl sites for hydroxylation is 1. The summed E-state index contributed by atoms with van der Waals surface area (Å²) >= 11 is 0. The molecule has 3 heterocycles. The van der Waals surface area contributed by atoms with Gasteiger partial charge in [0.25, 0.3) is 11.5 Å². The van der Waals surface area contributed by atoms with Crippen LogP contribution in [-0.2, 0) is 9.53 Å². The number of likely N-dealkylation sites (tertiary alicyclic amines) is 1. The lowest BCUT2D eigenvalue weighted by molar-refractivity contribution is -0.149. The molecule has 1 aliphatic heterocycles. The van der Waals surface area contributed by atoms with Crippen LogP contribution >= 0.6 is 0 Å². The van der Waals surface area contributed by atoms with Crippen LogP contribution in [0.1, 0.15) is 35.9 Å². The predicted molar refractivity (Wildman–Crippen MR) is 85.8 cm³/mol. The molecule has 0 radical (unpaired) electrons. The zero-order valence-corrected chi connectivity index (χ0v) is 13.7. The van der Waals surface area contributed by atoms with Crippen LogP contribution in [-0.4, -0.2) is 51.1 Å². The van der Waals surface area contributed by atoms with E-state index >= 15 is 0 Å². The van der Waals surface area contributed by atoms with E-state index in [2.05, 4.69) is 10.1 Å². The van der Waals surface area contributed by atoms with Crippen LogP contribution < -0.4 is 5.56 Å². The van der Waals surface area contributed by atoms with E-state index in [0.29, 0.717) is 43.7 Å². The van der Waals surface area contributed by atoms with Crippen molar-refractivity contribution in [3.8, 4) is 0 Å². The van der Waals surface area contributed by atoms with Gasteiger partial charge in [0.05, 0.1) is 12.5 Å². The lowest BCUT2D eigenvalue weighted by atomic mass is 9.97. The lowest BCUT2D eigenvalue weighted by Gasteiger charge is -2.30. The molecule has 1 saturated heterocycles. The summed E-state index contributed by atoms with van der Waals surface area (Å²) < 4.78 is 6.45. The van der Waals surface area contributed by atoms with Gasteiger partial charge >= 0.3 is 5.97 Å². The number of hydrogen-bond acceptors (Lipinski definition) is 5. The molecule has 0 aliphatic carbocycles. The maximum atomic E-state index is 12.6. The van der Waals surface area contributed by atoms with Crippen LogP contribution in [0.5, 0.6) is 0 Å². The number of H-pyrrole nitrogens is 1. The van der Waals surface area contributed by atoms with Gasteiger partial charge in [-0.15, -0.1) is 0 Å². The summed E-state index contributed by atoms with van der Waals surface area (Å²) in [5, 5.41) is 4.21. The van der Waals surface area contributed by atoms with Gasteiger partial charge < -0.3 is 14.6 Å². The third-order valence-corrected chi connectivity index (χ3v) is 4.22. The molecule has 0 unspecified atom stereocenters. The van der Waals surface area contributed by atoms with Gasteiger partial charge in [-0.1, -0.05) is 0 Å². The number of aromatic amines is 1. The van der Waals surface area contributed by atoms with Crippen molar-refractivity contribution < 1.29 is 14.3 Å². The number of rotatable bonds is 3. The standard InChI is InChI=1S/C16H20N4O4/c1-3-24-16(23)11-4-6-19(7-5-11)15(22)12-8-13-14(21)17-10(2)9-20(13)18-12/h8-9,11H,3-7H2,1-2H3,(H,17,21). The molecule has 2 aromatic rings. The number of amides is 1. The minimum Gasteiger partial charge on any atom is -0.466 e. The number of fused-ring (bicyclic) bond motifs is 1. The second-order valence-corrected chi connectivity index (χ2v) is 5.94. The van der Waals surface area contributed by atoms with Crippen molar-refractivity contribution in [2.24, 2.45) is 5.92 Å². The van der Waals surface area contributed by atoms with Gasteiger partial charge in [0.2, 0.25) is 0 Å². The van der Waals surface area contributed by atoms with Crippen LogP contribution in [0.3, 0.4) is 0 Å². The van der Waals surface area contributed by atoms with Gasteiger partial charge in [-0.25, -0.2) is 4.52 Å². The molecule has 3 rings (SSSR count). The van der Waals surface area contributed by atoms with Crippen molar-refractivity contribution in [3.63, 3.8) is 0 Å². The summed E-state index contributed by atoms with van der Waals surface area (Å²) in [7, 11) is 0. The first-order valence-corrected chi connectivity index (χ1v) is 8.04. The number of ether oxygens (including phenoxy) is 1. The van der Waals surface area contributed by atoms with Gasteiger partial charge in [0, 0.05) is 31.0 Å². The highest BCUT2D eigenvalue weighted by Gasteiger charge is 2.29. The highest BCUT2D eigenvalue weighted by Crippen LogP contribution is 2.20. The summed E-state index contributed by atoms with van der Waals surface area (Å²) in [6.45, 7) is 4.86.